The molecule has 18 heavy (non-hydrogen) atoms. The van der Waals surface area contributed by atoms with Crippen molar-refractivity contribution < 1.29 is 4.52 Å². The predicted octanol–water partition coefficient (Wildman–Crippen LogP) is 3.84. The van der Waals surface area contributed by atoms with Gasteiger partial charge in [-0.15, -0.1) is 11.8 Å². The molecule has 6 heteroatoms. The summed E-state index contributed by atoms with van der Waals surface area (Å²) in [6.07, 6.45) is 1.02. The van der Waals surface area contributed by atoms with Gasteiger partial charge >= 0.3 is 6.01 Å². The van der Waals surface area contributed by atoms with E-state index in [1.165, 1.54) is 0 Å². The Labute approximate surface area is 115 Å². The first-order valence-electron chi connectivity index (χ1n) is 5.72. The van der Waals surface area contributed by atoms with Gasteiger partial charge in [0.1, 0.15) is 0 Å². The van der Waals surface area contributed by atoms with E-state index in [2.05, 4.69) is 22.4 Å². The Morgan fingerprint density at radius 1 is 1.44 bits per heavy atom. The first-order chi connectivity index (χ1) is 8.78. The highest BCUT2D eigenvalue weighted by Crippen LogP contribution is 2.24. The number of nitrogens with zero attached hydrogens (tertiary/aromatic N) is 2. The number of hydrogen-bond acceptors (Lipinski definition) is 5. The highest BCUT2D eigenvalue weighted by atomic mass is 35.5. The topological polar surface area (TPSA) is 51.0 Å². The zero-order valence-corrected chi connectivity index (χ0v) is 11.6. The van der Waals surface area contributed by atoms with Crippen LogP contribution in [0.15, 0.2) is 33.7 Å². The maximum Gasteiger partial charge on any atom is 0.321 e. The zero-order valence-electron chi connectivity index (χ0n) is 10.0. The minimum Gasteiger partial charge on any atom is -0.338 e. The lowest BCUT2D eigenvalue weighted by Crippen LogP contribution is -1.99. The standard InChI is InChI=1S/C12H14ClN3OS/c1-2-6-14-12-15-11(16-17-12)8-18-10-5-3-4-9(13)7-10/h3-5,7H,2,6,8H2,1H3,(H,14,15,16). The number of aromatic nitrogens is 2. The fraction of sp³-hybridized carbons (Fsp3) is 0.333. The molecule has 0 unspecified atom stereocenters. The van der Waals surface area contributed by atoms with Crippen LogP contribution in [0.5, 0.6) is 0 Å². The molecule has 1 heterocycles. The van der Waals surface area contributed by atoms with Gasteiger partial charge in [0.05, 0.1) is 5.75 Å². The molecule has 0 fully saturated rings. The molecule has 0 spiro atoms. The van der Waals surface area contributed by atoms with Gasteiger partial charge in [-0.3, -0.25) is 0 Å². The predicted molar refractivity (Wildman–Crippen MR) is 74.1 cm³/mol. The highest BCUT2D eigenvalue weighted by molar-refractivity contribution is 7.98. The van der Waals surface area contributed by atoms with Crippen molar-refractivity contribution in [1.29, 1.82) is 0 Å². The van der Waals surface area contributed by atoms with Crippen molar-refractivity contribution in [2.24, 2.45) is 0 Å². The number of thioether (sulfide) groups is 1. The first-order valence-corrected chi connectivity index (χ1v) is 7.09. The van der Waals surface area contributed by atoms with E-state index < -0.39 is 0 Å². The van der Waals surface area contributed by atoms with Gasteiger partial charge in [0.25, 0.3) is 0 Å². The summed E-state index contributed by atoms with van der Waals surface area (Å²) in [4.78, 5) is 5.34. The van der Waals surface area contributed by atoms with Crippen molar-refractivity contribution in [1.82, 2.24) is 10.1 Å². The van der Waals surface area contributed by atoms with Gasteiger partial charge in [-0.25, -0.2) is 0 Å². The van der Waals surface area contributed by atoms with Gasteiger partial charge in [0.15, 0.2) is 5.82 Å². The summed E-state index contributed by atoms with van der Waals surface area (Å²) in [7, 11) is 0. The highest BCUT2D eigenvalue weighted by Gasteiger charge is 2.06. The molecular formula is C12H14ClN3OS. The summed E-state index contributed by atoms with van der Waals surface area (Å²) >= 11 is 7.54. The van der Waals surface area contributed by atoms with Crippen LogP contribution in [0.1, 0.15) is 19.2 Å². The van der Waals surface area contributed by atoms with E-state index in [4.69, 9.17) is 16.1 Å². The van der Waals surface area contributed by atoms with Crippen LogP contribution < -0.4 is 5.32 Å². The second-order valence-corrected chi connectivity index (χ2v) is 5.17. The molecule has 2 rings (SSSR count). The number of nitrogens with one attached hydrogen (secondary N) is 1. The van der Waals surface area contributed by atoms with E-state index in [1.54, 1.807) is 11.8 Å². The Morgan fingerprint density at radius 2 is 2.33 bits per heavy atom. The summed E-state index contributed by atoms with van der Waals surface area (Å²) in [5.41, 5.74) is 0. The van der Waals surface area contributed by atoms with Crippen molar-refractivity contribution in [3.63, 3.8) is 0 Å². The molecule has 96 valence electrons. The van der Waals surface area contributed by atoms with Crippen LogP contribution in [0, 0.1) is 0 Å². The molecule has 0 atom stereocenters. The third kappa shape index (κ3) is 3.92. The molecular weight excluding hydrogens is 270 g/mol. The van der Waals surface area contributed by atoms with Gasteiger partial charge < -0.3 is 9.84 Å². The van der Waals surface area contributed by atoms with Crippen molar-refractivity contribution in [3.05, 3.63) is 35.1 Å². The van der Waals surface area contributed by atoms with Crippen molar-refractivity contribution in [2.75, 3.05) is 11.9 Å². The third-order valence-corrected chi connectivity index (χ3v) is 3.38. The Bertz CT molecular complexity index is 504. The zero-order chi connectivity index (χ0) is 12.8. The first kappa shape index (κ1) is 13.2. The van der Waals surface area contributed by atoms with Crippen molar-refractivity contribution in [3.8, 4) is 0 Å². The third-order valence-electron chi connectivity index (χ3n) is 2.16. The number of benzene rings is 1. The van der Waals surface area contributed by atoms with Crippen LogP contribution in [0.4, 0.5) is 6.01 Å². The molecule has 0 aliphatic heterocycles. The van der Waals surface area contributed by atoms with E-state index in [9.17, 15) is 0 Å². The largest absolute Gasteiger partial charge is 0.338 e. The molecule has 0 aliphatic carbocycles. The van der Waals surface area contributed by atoms with Gasteiger partial charge in [0.2, 0.25) is 0 Å². The Kier molecular flexibility index (Phi) is 4.90. The fourth-order valence-corrected chi connectivity index (χ4v) is 2.37. The molecule has 0 bridgehead atoms. The molecule has 0 aliphatic rings. The number of halogens is 1. The van der Waals surface area contributed by atoms with E-state index in [0.29, 0.717) is 17.6 Å². The minimum absolute atomic E-state index is 0.485. The summed E-state index contributed by atoms with van der Waals surface area (Å²) < 4.78 is 5.07. The second kappa shape index (κ2) is 6.66. The Balaban J connectivity index is 1.88. The van der Waals surface area contributed by atoms with Crippen molar-refractivity contribution >= 4 is 29.4 Å². The second-order valence-electron chi connectivity index (χ2n) is 3.69. The summed E-state index contributed by atoms with van der Waals surface area (Å²) in [5.74, 6) is 1.34. The molecule has 4 nitrogen and oxygen atoms in total. The SMILES string of the molecule is CCCNc1nc(CSc2cccc(Cl)c2)no1. The lowest BCUT2D eigenvalue weighted by molar-refractivity contribution is 0.425. The van der Waals surface area contributed by atoms with Crippen LogP contribution in [0.25, 0.3) is 0 Å². The van der Waals surface area contributed by atoms with Gasteiger partial charge in [-0.05, 0) is 24.6 Å². The molecule has 2 aromatic rings. The normalized spacial score (nSPS) is 10.6. The smallest absolute Gasteiger partial charge is 0.321 e. The molecule has 0 saturated carbocycles. The molecule has 0 radical (unpaired) electrons. The lowest BCUT2D eigenvalue weighted by atomic mass is 10.4. The monoisotopic (exact) mass is 283 g/mol. The van der Waals surface area contributed by atoms with E-state index >= 15 is 0 Å². The van der Waals surface area contributed by atoms with E-state index in [1.807, 2.05) is 24.3 Å². The van der Waals surface area contributed by atoms with Gasteiger partial charge in [0, 0.05) is 16.5 Å². The van der Waals surface area contributed by atoms with Crippen LogP contribution in [0.2, 0.25) is 5.02 Å². The number of rotatable bonds is 6. The molecule has 0 saturated heterocycles. The van der Waals surface area contributed by atoms with Crippen LogP contribution >= 0.6 is 23.4 Å². The maximum absolute atomic E-state index is 5.91. The van der Waals surface area contributed by atoms with Gasteiger partial charge in [-0.1, -0.05) is 29.7 Å². The molecule has 1 aromatic carbocycles. The summed E-state index contributed by atoms with van der Waals surface area (Å²) in [6, 6.07) is 8.19. The summed E-state index contributed by atoms with van der Waals surface area (Å²) in [6.45, 7) is 2.92. The van der Waals surface area contributed by atoms with E-state index in [-0.39, 0.29) is 0 Å². The lowest BCUT2D eigenvalue weighted by Gasteiger charge is -1.98. The van der Waals surface area contributed by atoms with E-state index in [0.717, 1.165) is 22.9 Å². The number of anilines is 1. The van der Waals surface area contributed by atoms with Crippen LogP contribution in [0.3, 0.4) is 0 Å². The average molecular weight is 284 g/mol. The summed E-state index contributed by atoms with van der Waals surface area (Å²) in [5, 5.41) is 7.69. The average Bonchev–Trinajstić information content (AvgIpc) is 2.82. The molecule has 1 N–H and O–H groups in total. The molecule has 0 amide bonds. The Morgan fingerprint density at radius 3 is 3.11 bits per heavy atom. The quantitative estimate of drug-likeness (QED) is 0.816. The van der Waals surface area contributed by atoms with Crippen molar-refractivity contribution in [2.45, 2.75) is 24.0 Å². The van der Waals surface area contributed by atoms with Gasteiger partial charge in [-0.2, -0.15) is 4.98 Å². The molecule has 1 aromatic heterocycles. The number of hydrogen-bond donors (Lipinski definition) is 1. The minimum atomic E-state index is 0.485. The fourth-order valence-electron chi connectivity index (χ4n) is 1.32. The Hall–Kier alpha value is -1.20. The van der Waals surface area contributed by atoms with Crippen LogP contribution in [-0.2, 0) is 5.75 Å². The van der Waals surface area contributed by atoms with Crippen LogP contribution in [-0.4, -0.2) is 16.7 Å². The maximum atomic E-state index is 5.91.